The van der Waals surface area contributed by atoms with Crippen molar-refractivity contribution in [3.05, 3.63) is 97.3 Å². The number of benzene rings is 3. The Labute approximate surface area is 249 Å². The minimum absolute atomic E-state index is 0.0839. The van der Waals surface area contributed by atoms with Crippen molar-refractivity contribution in [3.63, 3.8) is 0 Å². The van der Waals surface area contributed by atoms with Crippen LogP contribution in [0.25, 0.3) is 6.08 Å². The third-order valence-corrected chi connectivity index (χ3v) is 7.33. The van der Waals surface area contributed by atoms with Crippen molar-refractivity contribution in [2.24, 2.45) is 0 Å². The van der Waals surface area contributed by atoms with E-state index in [9.17, 15) is 19.2 Å². The van der Waals surface area contributed by atoms with Gasteiger partial charge in [-0.15, -0.1) is 0 Å². The van der Waals surface area contributed by atoms with Gasteiger partial charge >= 0.3 is 5.97 Å². The molecule has 0 aromatic heterocycles. The van der Waals surface area contributed by atoms with E-state index in [2.05, 4.69) is 5.32 Å². The number of thioether (sulfide) groups is 1. The molecule has 1 fully saturated rings. The van der Waals surface area contributed by atoms with E-state index in [0.717, 1.165) is 22.2 Å². The van der Waals surface area contributed by atoms with Crippen LogP contribution in [0.2, 0.25) is 15.1 Å². The Bertz CT molecular complexity index is 1510. The van der Waals surface area contributed by atoms with E-state index in [1.54, 1.807) is 55.5 Å². The lowest BCUT2D eigenvalue weighted by molar-refractivity contribution is -0.127. The molecule has 4 rings (SSSR count). The van der Waals surface area contributed by atoms with Crippen molar-refractivity contribution in [2.45, 2.75) is 13.5 Å². The zero-order valence-corrected chi connectivity index (χ0v) is 24.0. The van der Waals surface area contributed by atoms with Crippen LogP contribution in [-0.2, 0) is 20.9 Å². The summed E-state index contributed by atoms with van der Waals surface area (Å²) in [6.45, 7) is 1.57. The Hall–Kier alpha value is -3.50. The molecule has 0 atom stereocenters. The summed E-state index contributed by atoms with van der Waals surface area (Å²) in [6.07, 6.45) is 1.56. The summed E-state index contributed by atoms with van der Waals surface area (Å²) in [5.74, 6) is -1.26. The Morgan fingerprint density at radius 2 is 1.73 bits per heavy atom. The molecule has 0 spiro atoms. The van der Waals surface area contributed by atoms with Gasteiger partial charge in [-0.25, -0.2) is 4.79 Å². The number of carbonyl (C=O) groups excluding carboxylic acids is 4. The lowest BCUT2D eigenvalue weighted by atomic mass is 10.2. The van der Waals surface area contributed by atoms with Crippen LogP contribution in [0, 0.1) is 0 Å². The topological polar surface area (TPSA) is 102 Å². The van der Waals surface area contributed by atoms with E-state index in [1.807, 2.05) is 0 Å². The van der Waals surface area contributed by atoms with Gasteiger partial charge in [0, 0.05) is 21.3 Å². The molecule has 12 heteroatoms. The second-order valence-electron chi connectivity index (χ2n) is 8.32. The number of imide groups is 1. The van der Waals surface area contributed by atoms with Crippen LogP contribution < -0.4 is 10.1 Å². The van der Waals surface area contributed by atoms with Gasteiger partial charge < -0.3 is 14.8 Å². The average Bonchev–Trinajstić information content (AvgIpc) is 3.17. The quantitative estimate of drug-likeness (QED) is 0.202. The molecule has 3 aromatic rings. The summed E-state index contributed by atoms with van der Waals surface area (Å²) in [5, 5.41) is 3.20. The van der Waals surface area contributed by atoms with Crippen LogP contribution in [-0.4, -0.2) is 41.1 Å². The molecule has 0 bridgehead atoms. The minimum Gasteiger partial charge on any atom is -0.489 e. The fraction of sp³-hybridized carbons (Fsp3) is 0.143. The van der Waals surface area contributed by atoms with Gasteiger partial charge in [-0.2, -0.15) is 0 Å². The molecule has 206 valence electrons. The molecule has 3 amide bonds. The highest BCUT2D eigenvalue weighted by Gasteiger charge is 2.36. The Kier molecular flexibility index (Phi) is 9.76. The number of rotatable bonds is 9. The SMILES string of the molecule is CCOC(=O)c1cc(NC(=O)CN2C(=O)S/C(=C/c3ccc(OCc4ccc(Cl)cc4Cl)cc3)C2=O)ccc1Cl. The standard InChI is InChI=1S/C28H21Cl3N2O6S/c1-2-38-27(36)21-13-19(7-10-22(21)30)32-25(34)14-33-26(35)24(40-28(33)37)11-16-3-8-20(9-4-16)39-15-17-5-6-18(29)12-23(17)31/h3-13H,2,14-15H2,1H3,(H,32,34)/b24-11+. The molecule has 3 aromatic carbocycles. The number of hydrogen-bond donors (Lipinski definition) is 1. The molecule has 40 heavy (non-hydrogen) atoms. The minimum atomic E-state index is -0.634. The summed E-state index contributed by atoms with van der Waals surface area (Å²) >= 11 is 18.9. The summed E-state index contributed by atoms with van der Waals surface area (Å²) in [6, 6.07) is 16.4. The first-order chi connectivity index (χ1) is 19.1. The Morgan fingerprint density at radius 3 is 2.42 bits per heavy atom. The largest absolute Gasteiger partial charge is 0.489 e. The Balaban J connectivity index is 1.36. The summed E-state index contributed by atoms with van der Waals surface area (Å²) in [7, 11) is 0. The predicted molar refractivity (Wildman–Crippen MR) is 156 cm³/mol. The zero-order chi connectivity index (χ0) is 28.8. The van der Waals surface area contributed by atoms with Crippen molar-refractivity contribution in [3.8, 4) is 5.75 Å². The van der Waals surface area contributed by atoms with Gasteiger partial charge in [0.05, 0.1) is 22.1 Å². The van der Waals surface area contributed by atoms with Gasteiger partial charge in [0.2, 0.25) is 5.91 Å². The van der Waals surface area contributed by atoms with Gasteiger partial charge in [0.1, 0.15) is 18.9 Å². The van der Waals surface area contributed by atoms with Crippen molar-refractivity contribution < 1.29 is 28.7 Å². The highest BCUT2D eigenvalue weighted by Crippen LogP contribution is 2.32. The van der Waals surface area contributed by atoms with Crippen molar-refractivity contribution in [1.82, 2.24) is 4.90 Å². The van der Waals surface area contributed by atoms with Crippen LogP contribution in [0.5, 0.6) is 5.75 Å². The van der Waals surface area contributed by atoms with E-state index in [4.69, 9.17) is 44.3 Å². The van der Waals surface area contributed by atoms with E-state index in [-0.39, 0.29) is 34.4 Å². The van der Waals surface area contributed by atoms with Gasteiger partial charge in [-0.1, -0.05) is 53.0 Å². The molecule has 1 saturated heterocycles. The normalized spacial score (nSPS) is 14.0. The first kappa shape index (κ1) is 29.5. The molecule has 1 aliphatic heterocycles. The number of esters is 1. The molecule has 1 heterocycles. The van der Waals surface area contributed by atoms with Crippen molar-refractivity contribution >= 4 is 81.4 Å². The van der Waals surface area contributed by atoms with Crippen molar-refractivity contribution in [2.75, 3.05) is 18.5 Å². The average molecular weight is 620 g/mol. The fourth-order valence-electron chi connectivity index (χ4n) is 3.56. The highest BCUT2D eigenvalue weighted by atomic mass is 35.5. The maximum atomic E-state index is 12.9. The summed E-state index contributed by atoms with van der Waals surface area (Å²) in [5.41, 5.74) is 1.80. The maximum Gasteiger partial charge on any atom is 0.339 e. The first-order valence-corrected chi connectivity index (χ1v) is 13.8. The molecule has 8 nitrogen and oxygen atoms in total. The number of hydrogen-bond acceptors (Lipinski definition) is 7. The van der Waals surface area contributed by atoms with Crippen LogP contribution in [0.3, 0.4) is 0 Å². The molecule has 1 N–H and O–H groups in total. The number of nitrogens with one attached hydrogen (secondary N) is 1. The van der Waals surface area contributed by atoms with Gasteiger partial charge in [-0.05, 0) is 72.8 Å². The molecule has 0 radical (unpaired) electrons. The number of carbonyl (C=O) groups is 4. The Morgan fingerprint density at radius 1 is 0.975 bits per heavy atom. The number of anilines is 1. The monoisotopic (exact) mass is 618 g/mol. The smallest absolute Gasteiger partial charge is 0.339 e. The van der Waals surface area contributed by atoms with E-state index < -0.39 is 29.6 Å². The van der Waals surface area contributed by atoms with Gasteiger partial charge in [0.25, 0.3) is 11.1 Å². The predicted octanol–water partition coefficient (Wildman–Crippen LogP) is 7.08. The third kappa shape index (κ3) is 7.37. The molecule has 0 saturated carbocycles. The van der Waals surface area contributed by atoms with E-state index >= 15 is 0 Å². The van der Waals surface area contributed by atoms with Crippen molar-refractivity contribution in [1.29, 1.82) is 0 Å². The van der Waals surface area contributed by atoms with Gasteiger partial charge in [0.15, 0.2) is 0 Å². The second kappa shape index (κ2) is 13.2. The van der Waals surface area contributed by atoms with Crippen LogP contribution in [0.4, 0.5) is 10.5 Å². The molecular weight excluding hydrogens is 599 g/mol. The lowest BCUT2D eigenvalue weighted by Crippen LogP contribution is -2.36. The molecular formula is C28H21Cl3N2O6S. The van der Waals surface area contributed by atoms with E-state index in [1.165, 1.54) is 18.2 Å². The highest BCUT2D eigenvalue weighted by molar-refractivity contribution is 8.18. The third-order valence-electron chi connectivity index (χ3n) is 5.51. The van der Waals surface area contributed by atoms with Crippen LogP contribution >= 0.6 is 46.6 Å². The number of halogens is 3. The number of nitrogens with zero attached hydrogens (tertiary/aromatic N) is 1. The first-order valence-electron chi connectivity index (χ1n) is 11.8. The summed E-state index contributed by atoms with van der Waals surface area (Å²) in [4.78, 5) is 51.0. The molecule has 0 aliphatic carbocycles. The van der Waals surface area contributed by atoms with Crippen LogP contribution in [0.1, 0.15) is 28.4 Å². The number of amides is 3. The number of ether oxygens (including phenoxy) is 2. The molecule has 1 aliphatic rings. The van der Waals surface area contributed by atoms with E-state index in [0.29, 0.717) is 21.4 Å². The van der Waals surface area contributed by atoms with Crippen LogP contribution in [0.15, 0.2) is 65.6 Å². The summed E-state index contributed by atoms with van der Waals surface area (Å²) < 4.78 is 10.7. The maximum absolute atomic E-state index is 12.9. The van der Waals surface area contributed by atoms with Gasteiger partial charge in [-0.3, -0.25) is 19.3 Å². The molecule has 0 unspecified atom stereocenters. The lowest BCUT2D eigenvalue weighted by Gasteiger charge is -2.13. The zero-order valence-electron chi connectivity index (χ0n) is 20.9. The fourth-order valence-corrected chi connectivity index (χ4v) is 5.06. The second-order valence-corrected chi connectivity index (χ2v) is 10.6.